The van der Waals surface area contributed by atoms with Crippen molar-refractivity contribution in [2.45, 2.75) is 44.6 Å². The molecule has 0 aliphatic heterocycles. The highest BCUT2D eigenvalue weighted by molar-refractivity contribution is 5.27. The van der Waals surface area contributed by atoms with Gasteiger partial charge < -0.3 is 10.2 Å². The van der Waals surface area contributed by atoms with Crippen LogP contribution in [0.15, 0.2) is 10.5 Å². The average Bonchev–Trinajstić information content (AvgIpc) is 3.05. The van der Waals surface area contributed by atoms with Crippen molar-refractivity contribution in [3.8, 4) is 0 Å². The number of hydrogen-bond acceptors (Lipinski definition) is 2. The number of rotatable bonds is 4. The van der Waals surface area contributed by atoms with Crippen LogP contribution < -0.4 is 5.73 Å². The summed E-state index contributed by atoms with van der Waals surface area (Å²) in [6.07, 6.45) is 6.50. The van der Waals surface area contributed by atoms with E-state index in [1.54, 1.807) is 0 Å². The van der Waals surface area contributed by atoms with Gasteiger partial charge in [0, 0.05) is 24.4 Å². The van der Waals surface area contributed by atoms with Crippen molar-refractivity contribution >= 4 is 0 Å². The summed E-state index contributed by atoms with van der Waals surface area (Å²) in [6, 6.07) is 2.19. The zero-order valence-corrected chi connectivity index (χ0v) is 8.46. The second kappa shape index (κ2) is 3.13. The van der Waals surface area contributed by atoms with Crippen molar-refractivity contribution in [2.24, 2.45) is 11.7 Å². The largest absolute Gasteiger partial charge is 0.465 e. The zero-order chi connectivity index (χ0) is 9.54. The third-order valence-corrected chi connectivity index (χ3v) is 3.25. The summed E-state index contributed by atoms with van der Waals surface area (Å²) in [5, 5.41) is 0. The topological polar surface area (TPSA) is 39.2 Å². The van der Waals surface area contributed by atoms with Crippen molar-refractivity contribution in [1.82, 2.24) is 0 Å². The normalized spacial score (nSPS) is 21.5. The first-order chi connectivity index (χ1) is 6.86. The maximum Gasteiger partial charge on any atom is 0.111 e. The smallest absolute Gasteiger partial charge is 0.111 e. The van der Waals surface area contributed by atoms with Gasteiger partial charge in [-0.25, -0.2) is 0 Å². The van der Waals surface area contributed by atoms with E-state index < -0.39 is 0 Å². The summed E-state index contributed by atoms with van der Waals surface area (Å²) in [7, 11) is 0. The van der Waals surface area contributed by atoms with Gasteiger partial charge in [-0.2, -0.15) is 0 Å². The summed E-state index contributed by atoms with van der Waals surface area (Å²) >= 11 is 0. The molecule has 0 unspecified atom stereocenters. The van der Waals surface area contributed by atoms with Crippen LogP contribution >= 0.6 is 0 Å². The molecule has 2 saturated carbocycles. The molecule has 14 heavy (non-hydrogen) atoms. The van der Waals surface area contributed by atoms with E-state index in [1.165, 1.54) is 42.8 Å². The molecule has 0 spiro atoms. The molecule has 0 radical (unpaired) electrons. The first-order valence-corrected chi connectivity index (χ1v) is 5.68. The van der Waals surface area contributed by atoms with E-state index in [2.05, 4.69) is 6.07 Å². The Balaban J connectivity index is 1.82. The van der Waals surface area contributed by atoms with Crippen LogP contribution in [0.3, 0.4) is 0 Å². The molecule has 1 heterocycles. The molecule has 2 aliphatic rings. The highest BCUT2D eigenvalue weighted by Gasteiger charge is 2.31. The van der Waals surface area contributed by atoms with Crippen LogP contribution in [0.1, 0.15) is 48.7 Å². The second-order valence-electron chi connectivity index (χ2n) is 4.73. The second-order valence-corrected chi connectivity index (χ2v) is 4.73. The molecule has 2 fully saturated rings. The third kappa shape index (κ3) is 1.59. The van der Waals surface area contributed by atoms with Gasteiger partial charge in [-0.1, -0.05) is 0 Å². The Hall–Kier alpha value is -0.760. The van der Waals surface area contributed by atoms with Crippen molar-refractivity contribution in [1.29, 1.82) is 0 Å². The van der Waals surface area contributed by atoms with Crippen LogP contribution in [-0.4, -0.2) is 0 Å². The van der Waals surface area contributed by atoms with Gasteiger partial charge in [-0.05, 0) is 37.7 Å². The molecular weight excluding hydrogens is 174 g/mol. The molecule has 1 aromatic heterocycles. The van der Waals surface area contributed by atoms with Crippen molar-refractivity contribution < 1.29 is 4.42 Å². The highest BCUT2D eigenvalue weighted by Crippen LogP contribution is 2.43. The van der Waals surface area contributed by atoms with E-state index in [9.17, 15) is 0 Å². The first-order valence-electron chi connectivity index (χ1n) is 5.68. The number of furan rings is 1. The summed E-state index contributed by atoms with van der Waals surface area (Å²) in [5.41, 5.74) is 6.97. The van der Waals surface area contributed by atoms with Crippen LogP contribution in [0.5, 0.6) is 0 Å². The van der Waals surface area contributed by atoms with Crippen molar-refractivity contribution in [2.75, 3.05) is 0 Å². The Morgan fingerprint density at radius 1 is 1.29 bits per heavy atom. The third-order valence-electron chi connectivity index (χ3n) is 3.25. The SMILES string of the molecule is NCc1cc(CC2CC2)oc1C1CC1. The molecule has 2 nitrogen and oxygen atoms in total. The molecule has 2 heteroatoms. The first kappa shape index (κ1) is 8.54. The highest BCUT2D eigenvalue weighted by atomic mass is 16.3. The zero-order valence-electron chi connectivity index (χ0n) is 8.46. The molecule has 0 aromatic carbocycles. The van der Waals surface area contributed by atoms with Crippen molar-refractivity contribution in [3.05, 3.63) is 23.2 Å². The molecule has 0 bridgehead atoms. The van der Waals surface area contributed by atoms with Gasteiger partial charge in [0.15, 0.2) is 0 Å². The van der Waals surface area contributed by atoms with Crippen molar-refractivity contribution in [3.63, 3.8) is 0 Å². The fourth-order valence-electron chi connectivity index (χ4n) is 2.06. The maximum atomic E-state index is 5.90. The van der Waals surface area contributed by atoms with E-state index in [4.69, 9.17) is 10.2 Å². The van der Waals surface area contributed by atoms with Gasteiger partial charge in [0.05, 0.1) is 0 Å². The Kier molecular flexibility index (Phi) is 1.91. The predicted octanol–water partition coefficient (Wildman–Crippen LogP) is 2.57. The maximum absolute atomic E-state index is 5.90. The fraction of sp³-hybridized carbons (Fsp3) is 0.667. The van der Waals surface area contributed by atoms with Crippen LogP contribution in [0.2, 0.25) is 0 Å². The summed E-state index contributed by atoms with van der Waals surface area (Å²) in [6.45, 7) is 0.639. The molecule has 0 saturated heterocycles. The standard InChI is InChI=1S/C12H17NO/c13-7-10-6-11(5-8-1-2-8)14-12(10)9-3-4-9/h6,8-9H,1-5,7,13H2. The van der Waals surface area contributed by atoms with Gasteiger partial charge in [0.1, 0.15) is 11.5 Å². The molecule has 0 atom stereocenters. The molecule has 0 amide bonds. The van der Waals surface area contributed by atoms with Crippen LogP contribution in [0, 0.1) is 5.92 Å². The summed E-state index contributed by atoms with van der Waals surface area (Å²) < 4.78 is 5.90. The Morgan fingerprint density at radius 3 is 2.64 bits per heavy atom. The summed E-state index contributed by atoms with van der Waals surface area (Å²) in [5.74, 6) is 3.97. The fourth-order valence-corrected chi connectivity index (χ4v) is 2.06. The van der Waals surface area contributed by atoms with E-state index in [1.807, 2.05) is 0 Å². The van der Waals surface area contributed by atoms with Gasteiger partial charge in [0.25, 0.3) is 0 Å². The minimum atomic E-state index is 0.639. The lowest BCUT2D eigenvalue weighted by molar-refractivity contribution is 0.455. The Bertz CT molecular complexity index is 334. The van der Waals surface area contributed by atoms with E-state index in [0.717, 1.165) is 12.3 Å². The minimum Gasteiger partial charge on any atom is -0.465 e. The van der Waals surface area contributed by atoms with Gasteiger partial charge >= 0.3 is 0 Å². The van der Waals surface area contributed by atoms with E-state index >= 15 is 0 Å². The molecular formula is C12H17NO. The predicted molar refractivity (Wildman–Crippen MR) is 55.0 cm³/mol. The number of nitrogens with two attached hydrogens (primary N) is 1. The Morgan fingerprint density at radius 2 is 2.07 bits per heavy atom. The lowest BCUT2D eigenvalue weighted by Gasteiger charge is -1.95. The molecule has 1 aromatic rings. The van der Waals surface area contributed by atoms with Gasteiger partial charge in [0.2, 0.25) is 0 Å². The van der Waals surface area contributed by atoms with E-state index in [-0.39, 0.29) is 0 Å². The molecule has 76 valence electrons. The lowest BCUT2D eigenvalue weighted by atomic mass is 10.1. The van der Waals surface area contributed by atoms with Gasteiger partial charge in [-0.15, -0.1) is 0 Å². The van der Waals surface area contributed by atoms with Gasteiger partial charge in [-0.3, -0.25) is 0 Å². The van der Waals surface area contributed by atoms with E-state index in [0.29, 0.717) is 12.5 Å². The molecule has 2 aliphatic carbocycles. The van der Waals surface area contributed by atoms with Crippen LogP contribution in [-0.2, 0) is 13.0 Å². The average molecular weight is 191 g/mol. The van der Waals surface area contributed by atoms with Crippen LogP contribution in [0.25, 0.3) is 0 Å². The lowest BCUT2D eigenvalue weighted by Crippen LogP contribution is -1.96. The monoisotopic (exact) mass is 191 g/mol. The number of hydrogen-bond donors (Lipinski definition) is 1. The molecule has 2 N–H and O–H groups in total. The minimum absolute atomic E-state index is 0.639. The molecule has 3 rings (SSSR count). The summed E-state index contributed by atoms with van der Waals surface area (Å²) in [4.78, 5) is 0. The Labute approximate surface area is 84.5 Å². The van der Waals surface area contributed by atoms with Crippen LogP contribution in [0.4, 0.5) is 0 Å². The quantitative estimate of drug-likeness (QED) is 0.794.